The second-order valence-corrected chi connectivity index (χ2v) is 4.91. The average Bonchev–Trinajstić information content (AvgIpc) is 2.63. The van der Waals surface area contributed by atoms with Gasteiger partial charge >= 0.3 is 0 Å². The summed E-state index contributed by atoms with van der Waals surface area (Å²) in [6.45, 7) is 8.46. The molecule has 0 saturated carbocycles. The van der Waals surface area contributed by atoms with Crippen LogP contribution < -0.4 is 0 Å². The lowest BCUT2D eigenvalue weighted by molar-refractivity contribution is 0.938. The molecule has 1 heterocycles. The first-order chi connectivity index (χ1) is 8.06. The van der Waals surface area contributed by atoms with E-state index in [4.69, 9.17) is 0 Å². The summed E-state index contributed by atoms with van der Waals surface area (Å²) in [5.74, 6) is 0.892. The Hall–Kier alpha value is -1.16. The monoisotopic (exact) mass is 293 g/mol. The van der Waals surface area contributed by atoms with Crippen LogP contribution in [0.2, 0.25) is 0 Å². The molecule has 0 radical (unpaired) electrons. The van der Waals surface area contributed by atoms with Gasteiger partial charge in [-0.2, -0.15) is 0 Å². The van der Waals surface area contributed by atoms with Crippen LogP contribution in [0.4, 0.5) is 0 Å². The van der Waals surface area contributed by atoms with Crippen LogP contribution in [0.5, 0.6) is 0 Å². The Morgan fingerprint density at radius 3 is 2.35 bits per heavy atom. The summed E-state index contributed by atoms with van der Waals surface area (Å²) < 4.78 is 2.78. The third-order valence-corrected chi connectivity index (χ3v) is 3.79. The number of benzene rings is 1. The lowest BCUT2D eigenvalue weighted by Gasteiger charge is -2.14. The van der Waals surface area contributed by atoms with Gasteiger partial charge in [-0.15, -0.1) is 10.2 Å². The summed E-state index contributed by atoms with van der Waals surface area (Å²) in [6.07, 6.45) is 1.06. The van der Waals surface area contributed by atoms with Gasteiger partial charge in [0.05, 0.1) is 5.69 Å². The van der Waals surface area contributed by atoms with Gasteiger partial charge in [-0.05, 0) is 65.9 Å². The smallest absolute Gasteiger partial charge is 0.204 e. The van der Waals surface area contributed by atoms with E-state index in [1.54, 1.807) is 0 Å². The summed E-state index contributed by atoms with van der Waals surface area (Å²) in [5.41, 5.74) is 5.18. The molecule has 4 heteroatoms. The van der Waals surface area contributed by atoms with E-state index < -0.39 is 0 Å². The largest absolute Gasteiger partial charge is 0.274 e. The first-order valence-corrected chi connectivity index (χ1v) is 6.52. The summed E-state index contributed by atoms with van der Waals surface area (Å²) in [4.78, 5) is 0. The van der Waals surface area contributed by atoms with Gasteiger partial charge in [-0.25, -0.2) is 0 Å². The Kier molecular flexibility index (Phi) is 3.33. The second-order valence-electron chi connectivity index (χ2n) is 4.20. The van der Waals surface area contributed by atoms with Crippen molar-refractivity contribution < 1.29 is 0 Å². The highest BCUT2D eigenvalue weighted by molar-refractivity contribution is 9.10. The molecule has 1 aromatic heterocycles. The number of aryl methyl sites for hydroxylation is 2. The predicted octanol–water partition coefficient (Wildman–Crippen LogP) is 3.52. The topological polar surface area (TPSA) is 30.7 Å². The molecule has 0 amide bonds. The van der Waals surface area contributed by atoms with Gasteiger partial charge in [0.1, 0.15) is 5.82 Å². The molecule has 0 aliphatic carbocycles. The van der Waals surface area contributed by atoms with Gasteiger partial charge in [0, 0.05) is 0 Å². The van der Waals surface area contributed by atoms with Gasteiger partial charge < -0.3 is 0 Å². The van der Waals surface area contributed by atoms with E-state index in [1.807, 2.05) is 11.5 Å². The molecular weight excluding hydrogens is 278 g/mol. The van der Waals surface area contributed by atoms with Crippen LogP contribution in [0.3, 0.4) is 0 Å². The normalized spacial score (nSPS) is 10.9. The zero-order chi connectivity index (χ0) is 12.6. The van der Waals surface area contributed by atoms with Crippen molar-refractivity contribution in [3.8, 4) is 5.69 Å². The fraction of sp³-hybridized carbons (Fsp3) is 0.385. The van der Waals surface area contributed by atoms with Gasteiger partial charge in [-0.1, -0.05) is 13.0 Å². The fourth-order valence-corrected chi connectivity index (χ4v) is 2.62. The van der Waals surface area contributed by atoms with Crippen molar-refractivity contribution in [1.29, 1.82) is 0 Å². The minimum atomic E-state index is 0.752. The van der Waals surface area contributed by atoms with Crippen molar-refractivity contribution in [2.45, 2.75) is 34.1 Å². The molecule has 0 spiro atoms. The molecule has 3 nitrogen and oxygen atoms in total. The predicted molar refractivity (Wildman–Crippen MR) is 72.6 cm³/mol. The maximum atomic E-state index is 4.07. The van der Waals surface area contributed by atoms with Gasteiger partial charge in [0.15, 0.2) is 0 Å². The second kappa shape index (κ2) is 4.61. The van der Waals surface area contributed by atoms with Crippen LogP contribution in [-0.2, 0) is 6.42 Å². The Bertz CT molecular complexity index is 539. The summed E-state index contributed by atoms with van der Waals surface area (Å²) >= 11 is 3.44. The summed E-state index contributed by atoms with van der Waals surface area (Å²) in [5, 5.41) is 8.11. The molecule has 0 N–H and O–H groups in total. The quantitative estimate of drug-likeness (QED) is 0.848. The van der Waals surface area contributed by atoms with Gasteiger partial charge in [-0.3, -0.25) is 4.57 Å². The average molecular weight is 294 g/mol. The summed E-state index contributed by atoms with van der Waals surface area (Å²) in [6, 6.07) is 4.33. The Labute approximate surface area is 110 Å². The third-order valence-electron chi connectivity index (χ3n) is 3.28. The minimum absolute atomic E-state index is 0.752. The molecule has 2 rings (SSSR count). The number of aromatic nitrogens is 3. The zero-order valence-corrected chi connectivity index (χ0v) is 12.2. The van der Waals surface area contributed by atoms with Crippen LogP contribution in [0.15, 0.2) is 16.9 Å². The molecule has 0 aliphatic heterocycles. The van der Waals surface area contributed by atoms with Crippen LogP contribution in [0.1, 0.15) is 29.4 Å². The molecule has 0 atom stereocenters. The van der Waals surface area contributed by atoms with Crippen molar-refractivity contribution in [2.75, 3.05) is 0 Å². The summed E-state index contributed by atoms with van der Waals surface area (Å²) in [7, 11) is 0. The van der Waals surface area contributed by atoms with Crippen LogP contribution in [0, 0.1) is 20.8 Å². The molecule has 0 unspecified atom stereocenters. The third kappa shape index (κ3) is 2.02. The van der Waals surface area contributed by atoms with E-state index in [9.17, 15) is 0 Å². The molecule has 0 bridgehead atoms. The molecule has 2 aromatic rings. The van der Waals surface area contributed by atoms with E-state index in [-0.39, 0.29) is 0 Å². The Balaban J connectivity index is 2.66. The SMILES string of the molecule is CCc1ccc(-n2c(C)nnc2Br)c(C)c1C. The number of nitrogens with zero attached hydrogens (tertiary/aromatic N) is 3. The van der Waals surface area contributed by atoms with Crippen molar-refractivity contribution in [3.05, 3.63) is 39.4 Å². The Morgan fingerprint density at radius 2 is 1.82 bits per heavy atom. The highest BCUT2D eigenvalue weighted by Crippen LogP contribution is 2.25. The van der Waals surface area contributed by atoms with E-state index in [1.165, 1.54) is 16.7 Å². The van der Waals surface area contributed by atoms with Crippen LogP contribution >= 0.6 is 15.9 Å². The highest BCUT2D eigenvalue weighted by atomic mass is 79.9. The van der Waals surface area contributed by atoms with E-state index >= 15 is 0 Å². The minimum Gasteiger partial charge on any atom is -0.274 e. The lowest BCUT2D eigenvalue weighted by Crippen LogP contribution is -2.03. The molecule has 17 heavy (non-hydrogen) atoms. The molecule has 0 fully saturated rings. The van der Waals surface area contributed by atoms with Crippen molar-refractivity contribution in [3.63, 3.8) is 0 Å². The highest BCUT2D eigenvalue weighted by Gasteiger charge is 2.12. The lowest BCUT2D eigenvalue weighted by atomic mass is 10.00. The maximum absolute atomic E-state index is 4.07. The molecule has 90 valence electrons. The van der Waals surface area contributed by atoms with Crippen LogP contribution in [0.25, 0.3) is 5.69 Å². The zero-order valence-electron chi connectivity index (χ0n) is 10.6. The van der Waals surface area contributed by atoms with Crippen molar-refractivity contribution in [1.82, 2.24) is 14.8 Å². The molecule has 0 aliphatic rings. The standard InChI is InChI=1S/C13H16BrN3/c1-5-11-6-7-12(9(3)8(11)2)17-10(4)15-16-13(17)14/h6-7H,5H2,1-4H3. The number of rotatable bonds is 2. The number of hydrogen-bond donors (Lipinski definition) is 0. The van der Waals surface area contributed by atoms with Crippen LogP contribution in [-0.4, -0.2) is 14.8 Å². The molecule has 1 aromatic carbocycles. The van der Waals surface area contributed by atoms with E-state index in [0.717, 1.165) is 22.7 Å². The first-order valence-electron chi connectivity index (χ1n) is 5.73. The maximum Gasteiger partial charge on any atom is 0.204 e. The van der Waals surface area contributed by atoms with E-state index in [2.05, 4.69) is 59.0 Å². The van der Waals surface area contributed by atoms with Crippen molar-refractivity contribution >= 4 is 15.9 Å². The first kappa shape index (κ1) is 12.3. The van der Waals surface area contributed by atoms with Crippen molar-refractivity contribution in [2.24, 2.45) is 0 Å². The molecule has 0 saturated heterocycles. The van der Waals surface area contributed by atoms with Gasteiger partial charge in [0.2, 0.25) is 4.73 Å². The van der Waals surface area contributed by atoms with Gasteiger partial charge in [0.25, 0.3) is 0 Å². The van der Waals surface area contributed by atoms with E-state index in [0.29, 0.717) is 0 Å². The fourth-order valence-electron chi connectivity index (χ4n) is 2.10. The Morgan fingerprint density at radius 1 is 1.12 bits per heavy atom. The number of halogens is 1. The number of hydrogen-bond acceptors (Lipinski definition) is 2. The molecular formula is C13H16BrN3.